The predicted molar refractivity (Wildman–Crippen MR) is 523 cm³/mol. The van der Waals surface area contributed by atoms with E-state index < -0.39 is 0 Å². The molecule has 0 aromatic heterocycles. The molecule has 12 nitrogen and oxygen atoms in total. The number of nitrogens with zero attached hydrogens (tertiary/aromatic N) is 10. The normalized spacial score (nSPS) is 20.4. The molecule has 10 heterocycles. The second-order valence-electron chi connectivity index (χ2n) is 37.4. The van der Waals surface area contributed by atoms with Crippen molar-refractivity contribution in [2.24, 2.45) is 0 Å². The molecule has 0 saturated carbocycles. The standard InChI is InChI=1S/5C22H26F2N2.ClH.2H2O/c5*23-18-7-5-17(6-8-18)20-4-3-13-26(15-14-25-11-1-2-12-25)22-16-19(24)9-10-21(20)22;;;/h5*5-10,16,20H,1-4,11-15H2;1H;2*1H2. The third-order valence-corrected chi connectivity index (χ3v) is 28.9. The van der Waals surface area contributed by atoms with Gasteiger partial charge in [0.15, 0.2) is 0 Å². The summed E-state index contributed by atoms with van der Waals surface area (Å²) in [5, 5.41) is 0. The van der Waals surface area contributed by atoms with Gasteiger partial charge in [0.05, 0.1) is 0 Å². The van der Waals surface area contributed by atoms with Gasteiger partial charge in [-0.2, -0.15) is 0 Å². The van der Waals surface area contributed by atoms with E-state index in [2.05, 4.69) is 49.0 Å². The summed E-state index contributed by atoms with van der Waals surface area (Å²) in [5.41, 5.74) is 16.4. The van der Waals surface area contributed by atoms with E-state index in [9.17, 15) is 43.9 Å². The maximum absolute atomic E-state index is 14.0. The Balaban J connectivity index is 0.000000140. The fourth-order valence-corrected chi connectivity index (χ4v) is 21.9. The molecule has 0 bridgehead atoms. The molecule has 5 fully saturated rings. The molecule has 5 saturated heterocycles. The van der Waals surface area contributed by atoms with Gasteiger partial charge in [-0.25, -0.2) is 43.9 Å². The van der Waals surface area contributed by atoms with Crippen molar-refractivity contribution in [3.63, 3.8) is 0 Å². The fraction of sp³-hybridized carbons (Fsp3) is 0.455. The van der Waals surface area contributed by atoms with Crippen LogP contribution in [0.3, 0.4) is 0 Å². The van der Waals surface area contributed by atoms with Crippen LogP contribution in [0.5, 0.6) is 0 Å². The molecule has 23 heteroatoms. The molecule has 0 radical (unpaired) electrons. The largest absolute Gasteiger partial charge is 0.412 e. The van der Waals surface area contributed by atoms with Gasteiger partial charge in [-0.1, -0.05) is 91.0 Å². The van der Waals surface area contributed by atoms with E-state index in [1.807, 2.05) is 91.0 Å². The van der Waals surface area contributed by atoms with Gasteiger partial charge < -0.3 is 60.0 Å². The topological polar surface area (TPSA) is 95.4 Å². The molecule has 10 aliphatic heterocycles. The van der Waals surface area contributed by atoms with Crippen molar-refractivity contribution in [2.75, 3.05) is 188 Å². The van der Waals surface area contributed by atoms with E-state index >= 15 is 0 Å². The molecule has 0 amide bonds. The fourth-order valence-electron chi connectivity index (χ4n) is 21.9. The third kappa shape index (κ3) is 27.3. The van der Waals surface area contributed by atoms with E-state index in [4.69, 9.17) is 0 Å². The van der Waals surface area contributed by atoms with Gasteiger partial charge in [0.1, 0.15) is 58.2 Å². The molecule has 10 aromatic carbocycles. The second kappa shape index (κ2) is 49.8. The first kappa shape index (κ1) is 101. The molecule has 10 aromatic rings. The van der Waals surface area contributed by atoms with Gasteiger partial charge in [-0.15, -0.1) is 12.4 Å². The molecular formula is C110H135ClF10N10O2. The van der Waals surface area contributed by atoms with Crippen LogP contribution in [0.2, 0.25) is 0 Å². The molecule has 20 rings (SSSR count). The van der Waals surface area contributed by atoms with Gasteiger partial charge in [0.25, 0.3) is 0 Å². The number of anilines is 5. The van der Waals surface area contributed by atoms with Crippen molar-refractivity contribution >= 4 is 40.8 Å². The first-order valence-electron chi connectivity index (χ1n) is 48.6. The number of benzene rings is 10. The van der Waals surface area contributed by atoms with E-state index in [-0.39, 0.29) is 111 Å². The van der Waals surface area contributed by atoms with Crippen LogP contribution >= 0.6 is 12.4 Å². The Bertz CT molecular complexity index is 4460. The molecule has 0 spiro atoms. The van der Waals surface area contributed by atoms with Crippen molar-refractivity contribution in [2.45, 2.75) is 158 Å². The zero-order valence-electron chi connectivity index (χ0n) is 77.1. The van der Waals surface area contributed by atoms with Crippen LogP contribution in [0.4, 0.5) is 72.3 Å². The Kier molecular flexibility index (Phi) is 37.8. The van der Waals surface area contributed by atoms with Crippen molar-refractivity contribution in [3.8, 4) is 0 Å². The molecule has 714 valence electrons. The van der Waals surface area contributed by atoms with Gasteiger partial charge >= 0.3 is 0 Å². The third-order valence-electron chi connectivity index (χ3n) is 28.9. The zero-order chi connectivity index (χ0) is 89.7. The van der Waals surface area contributed by atoms with Gasteiger partial charge in [0.2, 0.25) is 0 Å². The summed E-state index contributed by atoms with van der Waals surface area (Å²) in [6.45, 7) is 26.4. The van der Waals surface area contributed by atoms with E-state index in [0.717, 1.165) is 246 Å². The Labute approximate surface area is 788 Å². The monoisotopic (exact) mass is 1850 g/mol. The van der Waals surface area contributed by atoms with Crippen molar-refractivity contribution in [1.82, 2.24) is 24.5 Å². The smallest absolute Gasteiger partial charge is 0.125 e. The quantitative estimate of drug-likeness (QED) is 0.0687. The van der Waals surface area contributed by atoms with Crippen LogP contribution in [-0.2, 0) is 0 Å². The lowest BCUT2D eigenvalue weighted by Crippen LogP contribution is -2.34. The lowest BCUT2D eigenvalue weighted by atomic mass is 9.87. The number of fused-ring (bicyclic) bond motifs is 5. The molecule has 133 heavy (non-hydrogen) atoms. The van der Waals surface area contributed by atoms with Crippen LogP contribution in [-0.4, -0.2) is 199 Å². The highest BCUT2D eigenvalue weighted by Gasteiger charge is 2.33. The van der Waals surface area contributed by atoms with Crippen LogP contribution in [0.1, 0.15) is 214 Å². The summed E-state index contributed by atoms with van der Waals surface area (Å²) in [7, 11) is 0. The number of likely N-dealkylation sites (tertiary alicyclic amines) is 5. The van der Waals surface area contributed by atoms with Gasteiger partial charge in [-0.05, 0) is 371 Å². The van der Waals surface area contributed by atoms with Crippen molar-refractivity contribution in [1.29, 1.82) is 0 Å². The van der Waals surface area contributed by atoms with E-state index in [1.165, 1.54) is 190 Å². The van der Waals surface area contributed by atoms with E-state index in [1.54, 1.807) is 60.7 Å². The SMILES string of the molecule is Cl.Fc1ccc(C2CCCN(CCN3CCCC3)c3cc(F)ccc32)cc1.Fc1ccc(C2CCCN(CCN3CCCC3)c3cc(F)ccc32)cc1.Fc1ccc(C2CCCN(CCN3CCCC3)c3cc(F)ccc32)cc1.Fc1ccc(C2CCCN(CCN3CCCC3)c3cc(F)ccc32)cc1.Fc1ccc(C2CCCN(CCN3CCCC3)c3cc(F)ccc32)cc1.O.O. The minimum Gasteiger partial charge on any atom is -0.412 e. The molecular weight excluding hydrogens is 1720 g/mol. The lowest BCUT2D eigenvalue weighted by molar-refractivity contribution is 0.344. The van der Waals surface area contributed by atoms with E-state index in [0.29, 0.717) is 0 Å². The summed E-state index contributed by atoms with van der Waals surface area (Å²) >= 11 is 0. The first-order chi connectivity index (χ1) is 63.5. The number of halogens is 11. The van der Waals surface area contributed by atoms with Crippen molar-refractivity contribution in [3.05, 3.63) is 326 Å². The first-order valence-corrected chi connectivity index (χ1v) is 48.6. The number of rotatable bonds is 20. The molecule has 5 unspecified atom stereocenters. The van der Waals surface area contributed by atoms with Gasteiger partial charge in [-0.3, -0.25) is 0 Å². The minimum atomic E-state index is -0.214. The second-order valence-corrected chi connectivity index (χ2v) is 37.4. The van der Waals surface area contributed by atoms with Crippen molar-refractivity contribution < 1.29 is 54.9 Å². The highest BCUT2D eigenvalue weighted by molar-refractivity contribution is 5.85. The molecule has 10 aliphatic rings. The number of hydrogen-bond donors (Lipinski definition) is 0. The van der Waals surface area contributed by atoms with Crippen LogP contribution in [0, 0.1) is 58.2 Å². The van der Waals surface area contributed by atoms with Crippen LogP contribution < -0.4 is 24.5 Å². The number of hydrogen-bond acceptors (Lipinski definition) is 10. The minimum absolute atomic E-state index is 0. The lowest BCUT2D eigenvalue weighted by Gasteiger charge is -2.28. The summed E-state index contributed by atoms with van der Waals surface area (Å²) in [6, 6.07) is 59.7. The highest BCUT2D eigenvalue weighted by atomic mass is 35.5. The Morgan fingerprint density at radius 3 is 0.466 bits per heavy atom. The average Bonchev–Trinajstić information content (AvgIpc) is 1.80. The maximum Gasteiger partial charge on any atom is 0.125 e. The molecule has 0 aliphatic carbocycles. The Hall–Kier alpha value is -9.49. The van der Waals surface area contributed by atoms with Crippen LogP contribution in [0.15, 0.2) is 212 Å². The van der Waals surface area contributed by atoms with Crippen LogP contribution in [0.25, 0.3) is 0 Å². The molecule has 4 N–H and O–H groups in total. The highest BCUT2D eigenvalue weighted by Crippen LogP contribution is 2.46. The summed E-state index contributed by atoms with van der Waals surface area (Å²) in [6.07, 6.45) is 23.2. The zero-order valence-corrected chi connectivity index (χ0v) is 77.9. The van der Waals surface area contributed by atoms with Gasteiger partial charge in [0, 0.05) is 156 Å². The average molecular weight is 1850 g/mol. The predicted octanol–water partition coefficient (Wildman–Crippen LogP) is 22.7. The Morgan fingerprint density at radius 2 is 0.316 bits per heavy atom. The molecule has 5 atom stereocenters. The summed E-state index contributed by atoms with van der Waals surface area (Å²) in [4.78, 5) is 24.2. The maximum atomic E-state index is 14.0. The summed E-state index contributed by atoms with van der Waals surface area (Å²) < 4.78 is 137. The summed E-state index contributed by atoms with van der Waals surface area (Å²) in [5.74, 6) is -1.01. The Morgan fingerprint density at radius 1 is 0.173 bits per heavy atom.